The van der Waals surface area contributed by atoms with Crippen LogP contribution in [0, 0.1) is 11.8 Å². The fourth-order valence-corrected chi connectivity index (χ4v) is 2.85. The van der Waals surface area contributed by atoms with Crippen LogP contribution in [-0.4, -0.2) is 13.6 Å². The fourth-order valence-electron chi connectivity index (χ4n) is 2.85. The molecule has 2 atom stereocenters. The van der Waals surface area contributed by atoms with Gasteiger partial charge in [-0.1, -0.05) is 51.9 Å². The zero-order valence-electron chi connectivity index (χ0n) is 10.0. The van der Waals surface area contributed by atoms with Gasteiger partial charge in [-0.2, -0.15) is 0 Å². The van der Waals surface area contributed by atoms with E-state index in [2.05, 4.69) is 19.3 Å². The highest BCUT2D eigenvalue weighted by atomic mass is 14.8. The summed E-state index contributed by atoms with van der Waals surface area (Å²) >= 11 is 0. The van der Waals surface area contributed by atoms with Crippen LogP contribution in [0.1, 0.15) is 58.3 Å². The Morgan fingerprint density at radius 1 is 1.07 bits per heavy atom. The maximum absolute atomic E-state index is 3.36. The van der Waals surface area contributed by atoms with Gasteiger partial charge in [0.05, 0.1) is 0 Å². The fraction of sp³-hybridized carbons (Fsp3) is 1.00. The third-order valence-electron chi connectivity index (χ3n) is 3.71. The topological polar surface area (TPSA) is 12.0 Å². The summed E-state index contributed by atoms with van der Waals surface area (Å²) in [5, 5.41) is 3.36. The first-order valence-corrected chi connectivity index (χ1v) is 6.53. The van der Waals surface area contributed by atoms with E-state index in [1.54, 1.807) is 0 Å². The molecular formula is C13H27N. The minimum Gasteiger partial charge on any atom is -0.319 e. The lowest BCUT2D eigenvalue weighted by Crippen LogP contribution is -2.28. The lowest BCUT2D eigenvalue weighted by atomic mass is 9.76. The number of unbranched alkanes of at least 4 members (excludes halogenated alkanes) is 2. The van der Waals surface area contributed by atoms with Crippen LogP contribution in [0.4, 0.5) is 0 Å². The van der Waals surface area contributed by atoms with Crippen LogP contribution in [0.15, 0.2) is 0 Å². The van der Waals surface area contributed by atoms with Gasteiger partial charge in [-0.15, -0.1) is 0 Å². The zero-order chi connectivity index (χ0) is 10.2. The minimum absolute atomic E-state index is 0.977. The molecule has 1 N–H and O–H groups in total. The summed E-state index contributed by atoms with van der Waals surface area (Å²) in [4.78, 5) is 0. The van der Waals surface area contributed by atoms with Gasteiger partial charge in [0.1, 0.15) is 0 Å². The van der Waals surface area contributed by atoms with E-state index in [0.717, 1.165) is 11.8 Å². The summed E-state index contributed by atoms with van der Waals surface area (Å²) in [5.74, 6) is 2.01. The lowest BCUT2D eigenvalue weighted by molar-refractivity contribution is 0.216. The molecule has 1 rings (SSSR count). The summed E-state index contributed by atoms with van der Waals surface area (Å²) in [5.41, 5.74) is 0. The van der Waals surface area contributed by atoms with Crippen molar-refractivity contribution < 1.29 is 0 Å². The Balaban J connectivity index is 2.22. The Hall–Kier alpha value is -0.0400. The second kappa shape index (κ2) is 7.28. The van der Waals surface area contributed by atoms with Crippen LogP contribution >= 0.6 is 0 Å². The maximum Gasteiger partial charge on any atom is -0.00209 e. The van der Waals surface area contributed by atoms with E-state index in [1.165, 1.54) is 57.9 Å². The third-order valence-corrected chi connectivity index (χ3v) is 3.71. The highest BCUT2D eigenvalue weighted by molar-refractivity contribution is 4.76. The minimum atomic E-state index is 0.977. The molecule has 0 aromatic heterocycles. The summed E-state index contributed by atoms with van der Waals surface area (Å²) in [6, 6.07) is 0. The molecule has 0 aromatic carbocycles. The first-order valence-electron chi connectivity index (χ1n) is 6.53. The zero-order valence-corrected chi connectivity index (χ0v) is 10.0. The Kier molecular flexibility index (Phi) is 6.25. The molecule has 0 radical (unpaired) electrons. The first kappa shape index (κ1) is 12.0. The van der Waals surface area contributed by atoms with Crippen LogP contribution in [0.3, 0.4) is 0 Å². The first-order chi connectivity index (χ1) is 6.88. The van der Waals surface area contributed by atoms with Crippen molar-refractivity contribution in [3.05, 3.63) is 0 Å². The van der Waals surface area contributed by atoms with E-state index < -0.39 is 0 Å². The lowest BCUT2D eigenvalue weighted by Gasteiger charge is -2.31. The van der Waals surface area contributed by atoms with Crippen molar-refractivity contribution >= 4 is 0 Å². The van der Waals surface area contributed by atoms with E-state index in [-0.39, 0.29) is 0 Å². The molecule has 14 heavy (non-hydrogen) atoms. The van der Waals surface area contributed by atoms with Gasteiger partial charge in [0.15, 0.2) is 0 Å². The molecule has 84 valence electrons. The van der Waals surface area contributed by atoms with Crippen LogP contribution in [0.2, 0.25) is 0 Å². The molecule has 1 aliphatic carbocycles. The molecule has 0 aromatic rings. The number of nitrogens with one attached hydrogen (secondary N) is 1. The largest absolute Gasteiger partial charge is 0.319 e. The van der Waals surface area contributed by atoms with Gasteiger partial charge >= 0.3 is 0 Å². The molecule has 2 unspecified atom stereocenters. The molecule has 0 saturated heterocycles. The van der Waals surface area contributed by atoms with Crippen LogP contribution in [0.25, 0.3) is 0 Å². The molecule has 0 spiro atoms. The summed E-state index contributed by atoms with van der Waals surface area (Å²) in [6.45, 7) is 3.54. The standard InChI is InChI=1S/C13H27N/c1-3-4-5-8-12-9-6-7-10-13(12)11-14-2/h12-14H,3-11H2,1-2H3. The van der Waals surface area contributed by atoms with E-state index >= 15 is 0 Å². The van der Waals surface area contributed by atoms with Gasteiger partial charge in [-0.3, -0.25) is 0 Å². The smallest absolute Gasteiger partial charge is 0.00209 e. The molecule has 0 amide bonds. The Morgan fingerprint density at radius 2 is 1.79 bits per heavy atom. The van der Waals surface area contributed by atoms with Crippen molar-refractivity contribution in [3.8, 4) is 0 Å². The monoisotopic (exact) mass is 197 g/mol. The van der Waals surface area contributed by atoms with E-state index in [9.17, 15) is 0 Å². The van der Waals surface area contributed by atoms with Crippen molar-refractivity contribution in [1.82, 2.24) is 5.32 Å². The van der Waals surface area contributed by atoms with Crippen LogP contribution < -0.4 is 5.32 Å². The molecular weight excluding hydrogens is 170 g/mol. The van der Waals surface area contributed by atoms with Crippen molar-refractivity contribution in [1.29, 1.82) is 0 Å². The number of hydrogen-bond donors (Lipinski definition) is 1. The highest BCUT2D eigenvalue weighted by Crippen LogP contribution is 2.33. The summed E-state index contributed by atoms with van der Waals surface area (Å²) in [7, 11) is 2.09. The van der Waals surface area contributed by atoms with Gasteiger partial charge in [-0.25, -0.2) is 0 Å². The van der Waals surface area contributed by atoms with Crippen molar-refractivity contribution in [3.63, 3.8) is 0 Å². The van der Waals surface area contributed by atoms with Gasteiger partial charge in [0, 0.05) is 0 Å². The van der Waals surface area contributed by atoms with Crippen LogP contribution in [-0.2, 0) is 0 Å². The Bertz CT molecular complexity index is 131. The van der Waals surface area contributed by atoms with E-state index in [0.29, 0.717) is 0 Å². The predicted molar refractivity (Wildman–Crippen MR) is 63.5 cm³/mol. The number of hydrogen-bond acceptors (Lipinski definition) is 1. The maximum atomic E-state index is 3.36. The van der Waals surface area contributed by atoms with Gasteiger partial charge in [-0.05, 0) is 31.8 Å². The molecule has 0 bridgehead atoms. The second-order valence-corrected chi connectivity index (χ2v) is 4.86. The SMILES string of the molecule is CCCCCC1CCCCC1CNC. The quantitative estimate of drug-likeness (QED) is 0.642. The average Bonchev–Trinajstić information content (AvgIpc) is 2.21. The van der Waals surface area contributed by atoms with Crippen molar-refractivity contribution in [2.45, 2.75) is 58.3 Å². The van der Waals surface area contributed by atoms with Crippen LogP contribution in [0.5, 0.6) is 0 Å². The molecule has 1 nitrogen and oxygen atoms in total. The van der Waals surface area contributed by atoms with Gasteiger partial charge < -0.3 is 5.32 Å². The Morgan fingerprint density at radius 3 is 2.43 bits per heavy atom. The van der Waals surface area contributed by atoms with Crippen molar-refractivity contribution in [2.75, 3.05) is 13.6 Å². The molecule has 1 saturated carbocycles. The van der Waals surface area contributed by atoms with Crippen molar-refractivity contribution in [2.24, 2.45) is 11.8 Å². The summed E-state index contributed by atoms with van der Waals surface area (Å²) in [6.07, 6.45) is 11.7. The van der Waals surface area contributed by atoms with Gasteiger partial charge in [0.2, 0.25) is 0 Å². The normalized spacial score (nSPS) is 27.9. The summed E-state index contributed by atoms with van der Waals surface area (Å²) < 4.78 is 0. The van der Waals surface area contributed by atoms with E-state index in [4.69, 9.17) is 0 Å². The van der Waals surface area contributed by atoms with E-state index in [1.807, 2.05) is 0 Å². The molecule has 0 heterocycles. The highest BCUT2D eigenvalue weighted by Gasteiger charge is 2.23. The molecule has 1 heteroatoms. The molecule has 1 aliphatic rings. The van der Waals surface area contributed by atoms with Gasteiger partial charge in [0.25, 0.3) is 0 Å². The average molecular weight is 197 g/mol. The third kappa shape index (κ3) is 4.00. The second-order valence-electron chi connectivity index (χ2n) is 4.86. The molecule has 0 aliphatic heterocycles. The predicted octanol–water partition coefficient (Wildman–Crippen LogP) is 3.59. The number of rotatable bonds is 6. The molecule has 1 fully saturated rings. The Labute approximate surface area is 89.7 Å².